The number of benzene rings is 2. The van der Waals surface area contributed by atoms with Crippen molar-refractivity contribution in [3.63, 3.8) is 0 Å². The topological polar surface area (TPSA) is 98.7 Å². The van der Waals surface area contributed by atoms with Gasteiger partial charge in [-0.15, -0.1) is 11.8 Å². The van der Waals surface area contributed by atoms with E-state index in [1.807, 2.05) is 54.6 Å². The molecular formula is C21H19N3O4S. The molecule has 0 radical (unpaired) electrons. The summed E-state index contributed by atoms with van der Waals surface area (Å²) in [7, 11) is 0. The summed E-state index contributed by atoms with van der Waals surface area (Å²) < 4.78 is 10.0. The van der Waals surface area contributed by atoms with Crippen LogP contribution in [0, 0.1) is 6.92 Å². The van der Waals surface area contributed by atoms with Crippen LogP contribution in [0.3, 0.4) is 0 Å². The Balaban J connectivity index is 1.59. The van der Waals surface area contributed by atoms with E-state index in [0.29, 0.717) is 11.4 Å². The van der Waals surface area contributed by atoms with Crippen LogP contribution in [0.4, 0.5) is 11.6 Å². The molecule has 2 aromatic carbocycles. The summed E-state index contributed by atoms with van der Waals surface area (Å²) in [4.78, 5) is 28.2. The Labute approximate surface area is 171 Å². The molecular weight excluding hydrogens is 390 g/mol. The number of amides is 1. The van der Waals surface area contributed by atoms with Crippen LogP contribution in [0.25, 0.3) is 0 Å². The van der Waals surface area contributed by atoms with E-state index in [9.17, 15) is 9.59 Å². The molecule has 1 amide bonds. The van der Waals surface area contributed by atoms with Gasteiger partial charge in [0.2, 0.25) is 5.88 Å². The Hall–Kier alpha value is -3.26. The number of nitrogen functional groups attached to an aromatic ring is 1. The Morgan fingerprint density at radius 2 is 1.93 bits per heavy atom. The molecule has 1 aliphatic rings. The van der Waals surface area contributed by atoms with Gasteiger partial charge in [-0.2, -0.15) is 0 Å². The number of esters is 1. The summed E-state index contributed by atoms with van der Waals surface area (Å²) in [5, 5.41) is 3.64. The van der Waals surface area contributed by atoms with Crippen molar-refractivity contribution in [2.75, 3.05) is 23.0 Å². The lowest BCUT2D eigenvalue weighted by Crippen LogP contribution is -2.41. The highest BCUT2D eigenvalue weighted by molar-refractivity contribution is 7.99. The second-order valence-electron chi connectivity index (χ2n) is 6.55. The molecule has 0 saturated carbocycles. The number of carbonyl (C=O) groups is 2. The monoisotopic (exact) mass is 409 g/mol. The van der Waals surface area contributed by atoms with E-state index in [1.54, 1.807) is 23.6 Å². The maximum absolute atomic E-state index is 13.2. The molecule has 1 atom stereocenters. The summed E-state index contributed by atoms with van der Waals surface area (Å²) in [6.45, 7) is 1.17. The first kappa shape index (κ1) is 19.1. The van der Waals surface area contributed by atoms with Crippen LogP contribution in [-0.2, 0) is 9.53 Å². The van der Waals surface area contributed by atoms with E-state index in [4.69, 9.17) is 15.0 Å². The molecule has 0 saturated heterocycles. The highest BCUT2D eigenvalue weighted by atomic mass is 32.2. The highest BCUT2D eigenvalue weighted by Gasteiger charge is 2.33. The zero-order chi connectivity index (χ0) is 20.4. The molecule has 0 bridgehead atoms. The van der Waals surface area contributed by atoms with E-state index in [-0.39, 0.29) is 23.4 Å². The van der Waals surface area contributed by atoms with Gasteiger partial charge in [-0.05, 0) is 24.6 Å². The minimum atomic E-state index is -0.731. The minimum absolute atomic E-state index is 0.0482. The maximum Gasteiger partial charge on any atom is 0.346 e. The SMILES string of the molecule is Cc1noc(N)c1C(=O)OCC(=O)N1c2ccccc2SC[C@H]1c1ccccc1. The minimum Gasteiger partial charge on any atom is -0.452 e. The molecule has 0 spiro atoms. The van der Waals surface area contributed by atoms with Crippen molar-refractivity contribution in [2.45, 2.75) is 17.9 Å². The van der Waals surface area contributed by atoms with Gasteiger partial charge < -0.3 is 15.0 Å². The number of carbonyl (C=O) groups excluding carboxylic acids is 2. The van der Waals surface area contributed by atoms with Gasteiger partial charge in [0.15, 0.2) is 6.61 Å². The average molecular weight is 409 g/mol. The van der Waals surface area contributed by atoms with Crippen LogP contribution in [0.5, 0.6) is 0 Å². The van der Waals surface area contributed by atoms with Crippen LogP contribution in [-0.4, -0.2) is 29.4 Å². The molecule has 3 aromatic rings. The molecule has 1 aromatic heterocycles. The summed E-state index contributed by atoms with van der Waals surface area (Å²) in [6.07, 6.45) is 0. The molecule has 0 aliphatic carbocycles. The third kappa shape index (κ3) is 3.71. The predicted octanol–water partition coefficient (Wildman–Crippen LogP) is 3.60. The average Bonchev–Trinajstić information content (AvgIpc) is 3.09. The van der Waals surface area contributed by atoms with Crippen molar-refractivity contribution in [2.24, 2.45) is 0 Å². The summed E-state index contributed by atoms with van der Waals surface area (Å²) >= 11 is 1.70. The number of thioether (sulfide) groups is 1. The van der Waals surface area contributed by atoms with E-state index < -0.39 is 12.6 Å². The van der Waals surface area contributed by atoms with Gasteiger partial charge in [-0.25, -0.2) is 4.79 Å². The number of para-hydroxylation sites is 1. The van der Waals surface area contributed by atoms with Crippen LogP contribution in [0.2, 0.25) is 0 Å². The summed E-state index contributed by atoms with van der Waals surface area (Å²) in [6, 6.07) is 17.4. The molecule has 0 fully saturated rings. The van der Waals surface area contributed by atoms with E-state index in [0.717, 1.165) is 16.1 Å². The van der Waals surface area contributed by atoms with E-state index in [1.165, 1.54) is 0 Å². The van der Waals surface area contributed by atoms with Crippen LogP contribution < -0.4 is 10.6 Å². The Morgan fingerprint density at radius 1 is 1.21 bits per heavy atom. The molecule has 29 heavy (non-hydrogen) atoms. The van der Waals surface area contributed by atoms with Crippen molar-refractivity contribution in [1.82, 2.24) is 5.16 Å². The van der Waals surface area contributed by atoms with Gasteiger partial charge in [-0.3, -0.25) is 9.69 Å². The second kappa shape index (κ2) is 8.00. The Bertz CT molecular complexity index is 1030. The normalized spacial score (nSPS) is 15.6. The van der Waals surface area contributed by atoms with Gasteiger partial charge in [0.1, 0.15) is 5.56 Å². The lowest BCUT2D eigenvalue weighted by atomic mass is 10.1. The smallest absolute Gasteiger partial charge is 0.346 e. The first-order valence-corrected chi connectivity index (χ1v) is 10.0. The molecule has 7 nitrogen and oxygen atoms in total. The van der Waals surface area contributed by atoms with Crippen molar-refractivity contribution in [3.8, 4) is 0 Å². The van der Waals surface area contributed by atoms with E-state index >= 15 is 0 Å². The van der Waals surface area contributed by atoms with Crippen molar-refractivity contribution in [3.05, 3.63) is 71.4 Å². The maximum atomic E-state index is 13.2. The van der Waals surface area contributed by atoms with Gasteiger partial charge in [0, 0.05) is 10.6 Å². The zero-order valence-electron chi connectivity index (χ0n) is 15.7. The molecule has 1 aliphatic heterocycles. The number of nitrogens with two attached hydrogens (primary N) is 1. The fourth-order valence-electron chi connectivity index (χ4n) is 3.32. The van der Waals surface area contributed by atoms with Gasteiger partial charge in [-0.1, -0.05) is 47.6 Å². The van der Waals surface area contributed by atoms with Crippen molar-refractivity contribution >= 4 is 35.2 Å². The van der Waals surface area contributed by atoms with Crippen molar-refractivity contribution < 1.29 is 18.8 Å². The number of fused-ring (bicyclic) bond motifs is 1. The first-order chi connectivity index (χ1) is 14.1. The lowest BCUT2D eigenvalue weighted by molar-refractivity contribution is -0.122. The first-order valence-electron chi connectivity index (χ1n) is 9.04. The van der Waals surface area contributed by atoms with Crippen LogP contribution in [0.1, 0.15) is 27.7 Å². The fourth-order valence-corrected chi connectivity index (χ4v) is 4.49. The fraction of sp³-hybridized carbons (Fsp3) is 0.190. The number of ether oxygens (including phenoxy) is 1. The third-order valence-electron chi connectivity index (χ3n) is 4.71. The van der Waals surface area contributed by atoms with Gasteiger partial charge in [0.05, 0.1) is 17.4 Å². The number of aromatic nitrogens is 1. The standard InChI is InChI=1S/C21H19N3O4S/c1-13-19(20(22)28-23-13)21(26)27-11-18(25)24-15-9-5-6-10-17(15)29-12-16(24)14-7-3-2-4-8-14/h2-10,16H,11-12,22H2,1H3/t16-/m0/s1. The second-order valence-corrected chi connectivity index (χ2v) is 7.61. The van der Waals surface area contributed by atoms with E-state index in [2.05, 4.69) is 5.16 Å². The number of rotatable bonds is 4. The van der Waals surface area contributed by atoms with Gasteiger partial charge in [0.25, 0.3) is 5.91 Å². The number of hydrogen-bond acceptors (Lipinski definition) is 7. The Morgan fingerprint density at radius 3 is 2.66 bits per heavy atom. The number of anilines is 2. The van der Waals surface area contributed by atoms with Crippen LogP contribution >= 0.6 is 11.8 Å². The highest BCUT2D eigenvalue weighted by Crippen LogP contribution is 2.43. The molecule has 0 unspecified atom stereocenters. The largest absolute Gasteiger partial charge is 0.452 e. The lowest BCUT2D eigenvalue weighted by Gasteiger charge is -2.37. The molecule has 2 N–H and O–H groups in total. The summed E-state index contributed by atoms with van der Waals surface area (Å²) in [5.74, 6) is -0.460. The van der Waals surface area contributed by atoms with Crippen molar-refractivity contribution in [1.29, 1.82) is 0 Å². The number of nitrogens with zero attached hydrogens (tertiary/aromatic N) is 2. The number of aryl methyl sites for hydroxylation is 1. The molecule has 4 rings (SSSR count). The van der Waals surface area contributed by atoms with Crippen LogP contribution in [0.15, 0.2) is 64.0 Å². The summed E-state index contributed by atoms with van der Waals surface area (Å²) in [5.41, 5.74) is 7.82. The molecule has 2 heterocycles. The van der Waals surface area contributed by atoms with Gasteiger partial charge >= 0.3 is 5.97 Å². The zero-order valence-corrected chi connectivity index (χ0v) is 16.5. The molecule has 148 valence electrons. The Kier molecular flexibility index (Phi) is 5.26. The number of hydrogen-bond donors (Lipinski definition) is 1. The quantitative estimate of drug-likeness (QED) is 0.657. The third-order valence-corrected chi connectivity index (χ3v) is 5.84. The predicted molar refractivity (Wildman–Crippen MR) is 110 cm³/mol. The molecule has 8 heteroatoms.